The number of rotatable bonds is 6. The number of methoxy groups -OCH3 is 1. The van der Waals surface area contributed by atoms with Crippen molar-refractivity contribution in [1.29, 1.82) is 0 Å². The summed E-state index contributed by atoms with van der Waals surface area (Å²) >= 11 is 0. The molecule has 4 nitrogen and oxygen atoms in total. The van der Waals surface area contributed by atoms with Gasteiger partial charge in [-0.05, 0) is 36.4 Å². The van der Waals surface area contributed by atoms with Crippen LogP contribution >= 0.6 is 0 Å². The van der Waals surface area contributed by atoms with Crippen LogP contribution in [0.5, 0.6) is 5.75 Å². The third kappa shape index (κ3) is 3.42. The standard InChI is InChI=1S/C20H21FN2O2/c1-13-19(14-8-9-18(25-2)17(21)12-14)15-6-3-4-7-16(15)20(23-13)22-10-5-11-24/h3-4,6-9,12,24H,5,10-11H2,1-2H3,(H,22,23). The average molecular weight is 340 g/mol. The van der Waals surface area contributed by atoms with Gasteiger partial charge >= 0.3 is 0 Å². The van der Waals surface area contributed by atoms with E-state index in [1.807, 2.05) is 37.3 Å². The molecule has 1 aromatic heterocycles. The van der Waals surface area contributed by atoms with Gasteiger partial charge in [0.15, 0.2) is 11.6 Å². The Morgan fingerprint density at radius 2 is 1.92 bits per heavy atom. The summed E-state index contributed by atoms with van der Waals surface area (Å²) in [5.41, 5.74) is 2.49. The van der Waals surface area contributed by atoms with Crippen molar-refractivity contribution in [2.75, 3.05) is 25.6 Å². The highest BCUT2D eigenvalue weighted by molar-refractivity contribution is 6.03. The second-order valence-corrected chi connectivity index (χ2v) is 5.82. The zero-order valence-corrected chi connectivity index (χ0v) is 14.3. The molecule has 5 heteroatoms. The van der Waals surface area contributed by atoms with Crippen molar-refractivity contribution in [1.82, 2.24) is 4.98 Å². The Hall–Kier alpha value is -2.66. The highest BCUT2D eigenvalue weighted by atomic mass is 19.1. The molecule has 0 atom stereocenters. The smallest absolute Gasteiger partial charge is 0.165 e. The molecule has 0 radical (unpaired) electrons. The van der Waals surface area contributed by atoms with Crippen molar-refractivity contribution in [3.05, 3.63) is 54.0 Å². The second-order valence-electron chi connectivity index (χ2n) is 5.82. The van der Waals surface area contributed by atoms with E-state index < -0.39 is 5.82 Å². The van der Waals surface area contributed by atoms with E-state index in [0.717, 1.165) is 33.4 Å². The fourth-order valence-corrected chi connectivity index (χ4v) is 2.99. The molecule has 0 unspecified atom stereocenters. The van der Waals surface area contributed by atoms with Crippen molar-refractivity contribution in [3.63, 3.8) is 0 Å². The number of pyridine rings is 1. The normalized spacial score (nSPS) is 10.9. The molecule has 0 aliphatic rings. The minimum Gasteiger partial charge on any atom is -0.494 e. The van der Waals surface area contributed by atoms with E-state index in [0.29, 0.717) is 13.0 Å². The Balaban J connectivity index is 2.14. The zero-order chi connectivity index (χ0) is 17.8. The second kappa shape index (κ2) is 7.49. The molecule has 0 saturated carbocycles. The van der Waals surface area contributed by atoms with Gasteiger partial charge in [-0.1, -0.05) is 30.3 Å². The number of aliphatic hydroxyl groups is 1. The van der Waals surface area contributed by atoms with Crippen LogP contribution in [0.1, 0.15) is 12.1 Å². The van der Waals surface area contributed by atoms with Gasteiger partial charge in [-0.2, -0.15) is 0 Å². The first kappa shape index (κ1) is 17.2. The van der Waals surface area contributed by atoms with E-state index in [4.69, 9.17) is 9.84 Å². The molecule has 3 aromatic rings. The number of aromatic nitrogens is 1. The van der Waals surface area contributed by atoms with Crippen LogP contribution in [0.3, 0.4) is 0 Å². The Kier molecular flexibility index (Phi) is 5.14. The minimum atomic E-state index is -0.395. The summed E-state index contributed by atoms with van der Waals surface area (Å²) < 4.78 is 19.2. The lowest BCUT2D eigenvalue weighted by molar-refractivity contribution is 0.292. The van der Waals surface area contributed by atoms with E-state index in [-0.39, 0.29) is 12.4 Å². The molecule has 0 bridgehead atoms. The largest absolute Gasteiger partial charge is 0.494 e. The first-order valence-electron chi connectivity index (χ1n) is 8.23. The summed E-state index contributed by atoms with van der Waals surface area (Å²) in [6.45, 7) is 2.69. The van der Waals surface area contributed by atoms with Crippen molar-refractivity contribution >= 4 is 16.6 Å². The van der Waals surface area contributed by atoms with E-state index in [2.05, 4.69) is 10.3 Å². The zero-order valence-electron chi connectivity index (χ0n) is 14.3. The lowest BCUT2D eigenvalue weighted by atomic mass is 9.97. The molecule has 1 heterocycles. The van der Waals surface area contributed by atoms with Crippen molar-refractivity contribution in [2.24, 2.45) is 0 Å². The molecule has 0 saturated heterocycles. The van der Waals surface area contributed by atoms with E-state index in [9.17, 15) is 4.39 Å². The topological polar surface area (TPSA) is 54.4 Å². The van der Waals surface area contributed by atoms with E-state index >= 15 is 0 Å². The van der Waals surface area contributed by atoms with Crippen LogP contribution in [0.2, 0.25) is 0 Å². The summed E-state index contributed by atoms with van der Waals surface area (Å²) in [5.74, 6) is 0.605. The van der Waals surface area contributed by atoms with Gasteiger partial charge in [0.2, 0.25) is 0 Å². The molecule has 130 valence electrons. The number of hydrogen-bond acceptors (Lipinski definition) is 4. The number of hydrogen-bond donors (Lipinski definition) is 2. The number of nitrogens with zero attached hydrogens (tertiary/aromatic N) is 1. The summed E-state index contributed by atoms with van der Waals surface area (Å²) in [6, 6.07) is 12.9. The summed E-state index contributed by atoms with van der Waals surface area (Å²) in [4.78, 5) is 4.68. The van der Waals surface area contributed by atoms with Crippen LogP contribution in [-0.2, 0) is 0 Å². The molecule has 3 rings (SSSR count). The van der Waals surface area contributed by atoms with Crippen LogP contribution in [0.25, 0.3) is 21.9 Å². The van der Waals surface area contributed by atoms with Crippen molar-refractivity contribution in [3.8, 4) is 16.9 Å². The molecule has 0 spiro atoms. The van der Waals surface area contributed by atoms with Crippen LogP contribution in [0.15, 0.2) is 42.5 Å². The number of nitrogens with one attached hydrogen (secondary N) is 1. The maximum atomic E-state index is 14.2. The van der Waals surface area contributed by atoms with Crippen LogP contribution in [0.4, 0.5) is 10.2 Å². The van der Waals surface area contributed by atoms with Crippen molar-refractivity contribution in [2.45, 2.75) is 13.3 Å². The molecular formula is C20H21FN2O2. The highest BCUT2D eigenvalue weighted by Crippen LogP contribution is 2.35. The first-order valence-corrected chi connectivity index (χ1v) is 8.23. The maximum absolute atomic E-state index is 14.2. The van der Waals surface area contributed by atoms with Crippen LogP contribution < -0.4 is 10.1 Å². The Bertz CT molecular complexity index is 896. The molecule has 2 aromatic carbocycles. The quantitative estimate of drug-likeness (QED) is 0.662. The minimum absolute atomic E-state index is 0.132. The van der Waals surface area contributed by atoms with Gasteiger partial charge in [-0.25, -0.2) is 9.37 Å². The predicted molar refractivity (Wildman–Crippen MR) is 98.6 cm³/mol. The molecule has 2 N–H and O–H groups in total. The van der Waals surface area contributed by atoms with Gasteiger partial charge in [-0.15, -0.1) is 0 Å². The molecule has 0 aliphatic carbocycles. The molecule has 25 heavy (non-hydrogen) atoms. The monoisotopic (exact) mass is 340 g/mol. The number of anilines is 1. The number of benzene rings is 2. The number of aliphatic hydroxyl groups excluding tert-OH is 1. The maximum Gasteiger partial charge on any atom is 0.165 e. The lowest BCUT2D eigenvalue weighted by Crippen LogP contribution is -2.07. The van der Waals surface area contributed by atoms with Gasteiger partial charge in [-0.3, -0.25) is 0 Å². The number of fused-ring (bicyclic) bond motifs is 1. The Labute approximate surface area is 146 Å². The average Bonchev–Trinajstić information content (AvgIpc) is 2.62. The molecule has 0 aliphatic heterocycles. The molecule has 0 amide bonds. The highest BCUT2D eigenvalue weighted by Gasteiger charge is 2.14. The fourth-order valence-electron chi connectivity index (χ4n) is 2.99. The summed E-state index contributed by atoms with van der Waals surface area (Å²) in [6.07, 6.45) is 0.653. The van der Waals surface area contributed by atoms with Crippen molar-refractivity contribution < 1.29 is 14.2 Å². The number of halogens is 1. The van der Waals surface area contributed by atoms with E-state index in [1.54, 1.807) is 6.07 Å². The number of aryl methyl sites for hydroxylation is 1. The molecular weight excluding hydrogens is 319 g/mol. The van der Waals surface area contributed by atoms with Gasteiger partial charge < -0.3 is 15.2 Å². The Morgan fingerprint density at radius 1 is 1.16 bits per heavy atom. The lowest BCUT2D eigenvalue weighted by Gasteiger charge is -2.15. The van der Waals surface area contributed by atoms with Gasteiger partial charge in [0.25, 0.3) is 0 Å². The van der Waals surface area contributed by atoms with Crippen LogP contribution in [-0.4, -0.2) is 30.4 Å². The van der Waals surface area contributed by atoms with Gasteiger partial charge in [0.1, 0.15) is 5.82 Å². The SMILES string of the molecule is COc1ccc(-c2c(C)nc(NCCCO)c3ccccc23)cc1F. The third-order valence-electron chi connectivity index (χ3n) is 4.16. The summed E-state index contributed by atoms with van der Waals surface area (Å²) in [5, 5.41) is 14.2. The van der Waals surface area contributed by atoms with Gasteiger partial charge in [0.05, 0.1) is 7.11 Å². The van der Waals surface area contributed by atoms with E-state index in [1.165, 1.54) is 13.2 Å². The van der Waals surface area contributed by atoms with Crippen LogP contribution in [0, 0.1) is 12.7 Å². The fraction of sp³-hybridized carbons (Fsp3) is 0.250. The predicted octanol–water partition coefficient (Wildman–Crippen LogP) is 4.15. The number of ether oxygens (including phenoxy) is 1. The van der Waals surface area contributed by atoms with Gasteiger partial charge in [0, 0.05) is 29.8 Å². The first-order chi connectivity index (χ1) is 12.2. The third-order valence-corrected chi connectivity index (χ3v) is 4.16. The summed E-state index contributed by atoms with van der Waals surface area (Å²) in [7, 11) is 1.45. The Morgan fingerprint density at radius 3 is 2.60 bits per heavy atom. The molecule has 0 fully saturated rings.